The molecule has 14 heteroatoms. The summed E-state index contributed by atoms with van der Waals surface area (Å²) in [7, 11) is -3.78. The first-order valence-electron chi connectivity index (χ1n) is 11.5. The van der Waals surface area contributed by atoms with Crippen molar-refractivity contribution in [1.82, 2.24) is 29.6 Å². The van der Waals surface area contributed by atoms with Gasteiger partial charge in [-0.05, 0) is 36.8 Å². The molecule has 0 bridgehead atoms. The van der Waals surface area contributed by atoms with Crippen LogP contribution in [0.15, 0.2) is 48.9 Å². The zero-order valence-electron chi connectivity index (χ0n) is 19.8. The van der Waals surface area contributed by atoms with Crippen LogP contribution in [0.25, 0.3) is 32.6 Å². The van der Waals surface area contributed by atoms with Crippen LogP contribution in [0, 0.1) is 0 Å². The van der Waals surface area contributed by atoms with Gasteiger partial charge < -0.3 is 10.1 Å². The molecule has 3 aromatic heterocycles. The normalized spacial score (nSPS) is 14.4. The molecule has 0 spiro atoms. The van der Waals surface area contributed by atoms with E-state index >= 15 is 0 Å². The molecule has 1 aliphatic rings. The lowest BCUT2D eigenvalue weighted by Crippen LogP contribution is -2.43. The Hall–Kier alpha value is -3.72. The number of morpholine rings is 1. The minimum atomic E-state index is -3.78. The monoisotopic (exact) mass is 540 g/mol. The van der Waals surface area contributed by atoms with Gasteiger partial charge in [-0.15, -0.1) is 0 Å². The number of hydrogen-bond donors (Lipinski definition) is 3. The van der Waals surface area contributed by atoms with Crippen molar-refractivity contribution in [2.45, 2.75) is 6.92 Å². The Bertz CT molecular complexity index is 1510. The third-order valence-electron chi connectivity index (χ3n) is 5.50. The maximum absolute atomic E-state index is 12.6. The third kappa shape index (κ3) is 5.67. The van der Waals surface area contributed by atoms with E-state index in [1.807, 2.05) is 37.3 Å². The number of ether oxygens (including phenoxy) is 1. The maximum Gasteiger partial charge on any atom is 0.321 e. The van der Waals surface area contributed by atoms with E-state index in [9.17, 15) is 13.2 Å². The predicted molar refractivity (Wildman–Crippen MR) is 142 cm³/mol. The second kappa shape index (κ2) is 10.7. The zero-order valence-corrected chi connectivity index (χ0v) is 21.5. The molecule has 0 radical (unpaired) electrons. The molecule has 4 heterocycles. The summed E-state index contributed by atoms with van der Waals surface area (Å²) in [5, 5.41) is 5.91. The fraction of sp³-hybridized carbons (Fsp3) is 0.261. The summed E-state index contributed by atoms with van der Waals surface area (Å²) in [4.78, 5) is 29.6. The van der Waals surface area contributed by atoms with E-state index in [1.54, 1.807) is 18.6 Å². The van der Waals surface area contributed by atoms with Gasteiger partial charge in [0.05, 0.1) is 29.1 Å². The lowest BCUT2D eigenvalue weighted by atomic mass is 10.0. The Labute approximate surface area is 217 Å². The highest BCUT2D eigenvalue weighted by Crippen LogP contribution is 2.38. The zero-order chi connectivity index (χ0) is 25.8. The molecule has 3 N–H and O–H groups in total. The van der Waals surface area contributed by atoms with Crippen LogP contribution in [0.4, 0.5) is 15.9 Å². The van der Waals surface area contributed by atoms with Crippen LogP contribution in [0.5, 0.6) is 0 Å². The number of benzene rings is 1. The number of aromatic nitrogens is 4. The van der Waals surface area contributed by atoms with E-state index in [4.69, 9.17) is 4.74 Å². The van der Waals surface area contributed by atoms with E-state index in [-0.39, 0.29) is 25.1 Å². The van der Waals surface area contributed by atoms with Crippen LogP contribution in [0.1, 0.15) is 6.92 Å². The molecule has 37 heavy (non-hydrogen) atoms. The van der Waals surface area contributed by atoms with Crippen molar-refractivity contribution in [3.8, 4) is 22.4 Å². The Morgan fingerprint density at radius 1 is 1.11 bits per heavy atom. The molecule has 192 valence electrons. The van der Waals surface area contributed by atoms with Gasteiger partial charge in [0.15, 0.2) is 5.13 Å². The molecule has 1 fully saturated rings. The minimum Gasteiger partial charge on any atom is -0.379 e. The van der Waals surface area contributed by atoms with Gasteiger partial charge in [0.1, 0.15) is 0 Å². The van der Waals surface area contributed by atoms with Crippen molar-refractivity contribution in [3.05, 3.63) is 48.9 Å². The van der Waals surface area contributed by atoms with Crippen molar-refractivity contribution < 1.29 is 17.9 Å². The summed E-state index contributed by atoms with van der Waals surface area (Å²) in [6.45, 7) is 3.57. The molecule has 1 aliphatic heterocycles. The van der Waals surface area contributed by atoms with E-state index in [2.05, 4.69) is 35.3 Å². The second-order valence-electron chi connectivity index (χ2n) is 8.00. The number of nitrogens with zero attached hydrogens (tertiary/aromatic N) is 5. The lowest BCUT2D eigenvalue weighted by molar-refractivity contribution is 0.0733. The van der Waals surface area contributed by atoms with Gasteiger partial charge in [-0.2, -0.15) is 12.7 Å². The first-order valence-corrected chi connectivity index (χ1v) is 13.8. The van der Waals surface area contributed by atoms with E-state index in [0.717, 1.165) is 21.5 Å². The number of anilines is 2. The summed E-state index contributed by atoms with van der Waals surface area (Å²) >= 11 is 1.35. The summed E-state index contributed by atoms with van der Waals surface area (Å²) in [6.07, 6.45) is 4.81. The summed E-state index contributed by atoms with van der Waals surface area (Å²) in [5.41, 5.74) is 3.70. The van der Waals surface area contributed by atoms with Gasteiger partial charge in [0.2, 0.25) is 5.95 Å². The van der Waals surface area contributed by atoms with Crippen LogP contribution in [-0.4, -0.2) is 71.5 Å². The van der Waals surface area contributed by atoms with Gasteiger partial charge in [-0.1, -0.05) is 17.4 Å². The molecule has 0 saturated carbocycles. The molecule has 12 nitrogen and oxygen atoms in total. The molecule has 4 aromatic rings. The fourth-order valence-corrected chi connectivity index (χ4v) is 5.82. The smallest absolute Gasteiger partial charge is 0.321 e. The molecule has 1 saturated heterocycles. The Balaban J connectivity index is 1.47. The molecule has 5 rings (SSSR count). The van der Waals surface area contributed by atoms with Gasteiger partial charge in [-0.3, -0.25) is 10.3 Å². The number of hydrogen-bond acceptors (Lipinski definition) is 9. The number of pyridine rings is 1. The van der Waals surface area contributed by atoms with Crippen molar-refractivity contribution >= 4 is 48.9 Å². The largest absolute Gasteiger partial charge is 0.379 e. The van der Waals surface area contributed by atoms with E-state index < -0.39 is 10.2 Å². The average Bonchev–Trinajstić information content (AvgIpc) is 3.31. The maximum atomic E-state index is 12.6. The van der Waals surface area contributed by atoms with Gasteiger partial charge in [0, 0.05) is 49.4 Å². The molecule has 2 amide bonds. The standard InChI is InChI=1S/C23H24N8O4S2/c1-2-24-22(32)29-23-28-19-12-15(11-17(20(19)36-23)18-5-3-4-6-25-18)16-13-26-21(27-14-16)30-37(33,34)31-7-9-35-10-8-31/h3-6,11-14H,2,7-10H2,1H3,(H,26,27,30)(H2,24,28,29,32). The number of carbonyl (C=O) groups excluding carboxylic acids is 1. The highest BCUT2D eigenvalue weighted by Gasteiger charge is 2.25. The van der Waals surface area contributed by atoms with Crippen LogP contribution in [0.3, 0.4) is 0 Å². The van der Waals surface area contributed by atoms with Crippen LogP contribution in [0.2, 0.25) is 0 Å². The van der Waals surface area contributed by atoms with E-state index in [1.165, 1.54) is 15.6 Å². The van der Waals surface area contributed by atoms with Crippen LogP contribution >= 0.6 is 11.3 Å². The number of nitrogens with one attached hydrogen (secondary N) is 3. The van der Waals surface area contributed by atoms with Gasteiger partial charge in [0.25, 0.3) is 0 Å². The molecular formula is C23H24N8O4S2. The van der Waals surface area contributed by atoms with Gasteiger partial charge in [-0.25, -0.2) is 24.5 Å². The average molecular weight is 541 g/mol. The summed E-state index contributed by atoms with van der Waals surface area (Å²) in [5.74, 6) is -0.0247. The van der Waals surface area contributed by atoms with Crippen LogP contribution < -0.4 is 15.4 Å². The highest BCUT2D eigenvalue weighted by atomic mass is 32.2. The number of thiazole rings is 1. The van der Waals surface area contributed by atoms with Crippen LogP contribution in [-0.2, 0) is 14.9 Å². The first kappa shape index (κ1) is 25.0. The fourth-order valence-electron chi connectivity index (χ4n) is 3.76. The molecule has 0 aliphatic carbocycles. The molecule has 1 aromatic carbocycles. The Morgan fingerprint density at radius 3 is 2.59 bits per heavy atom. The molecular weight excluding hydrogens is 516 g/mol. The van der Waals surface area contributed by atoms with E-state index in [0.29, 0.717) is 36.0 Å². The molecule has 0 unspecified atom stereocenters. The number of carbonyl (C=O) groups is 1. The molecule has 0 atom stereocenters. The first-order chi connectivity index (χ1) is 17.9. The highest BCUT2D eigenvalue weighted by molar-refractivity contribution is 7.90. The summed E-state index contributed by atoms with van der Waals surface area (Å²) < 4.78 is 35.0. The Kier molecular flexibility index (Phi) is 7.23. The van der Waals surface area contributed by atoms with Crippen molar-refractivity contribution in [3.63, 3.8) is 0 Å². The third-order valence-corrected chi connectivity index (χ3v) is 8.01. The van der Waals surface area contributed by atoms with Crippen molar-refractivity contribution in [2.24, 2.45) is 0 Å². The minimum absolute atomic E-state index is 0.0247. The lowest BCUT2D eigenvalue weighted by Gasteiger charge is -2.25. The Morgan fingerprint density at radius 2 is 1.89 bits per heavy atom. The quantitative estimate of drug-likeness (QED) is 0.324. The number of rotatable bonds is 7. The SMILES string of the molecule is CCNC(=O)Nc1nc2cc(-c3cnc(NS(=O)(=O)N4CCOCC4)nc3)cc(-c3ccccn3)c2s1. The summed E-state index contributed by atoms with van der Waals surface area (Å²) in [6, 6.07) is 9.13. The van der Waals surface area contributed by atoms with Gasteiger partial charge >= 0.3 is 16.2 Å². The van der Waals surface area contributed by atoms with Crippen molar-refractivity contribution in [2.75, 3.05) is 42.9 Å². The van der Waals surface area contributed by atoms with Crippen molar-refractivity contribution in [1.29, 1.82) is 0 Å². The topological polar surface area (TPSA) is 151 Å². The number of amides is 2. The second-order valence-corrected chi connectivity index (χ2v) is 10.7. The number of urea groups is 1. The number of fused-ring (bicyclic) bond motifs is 1. The predicted octanol–water partition coefficient (Wildman–Crippen LogP) is 2.95.